The number of benzene rings is 1. The fraction of sp³-hybridized carbons (Fsp3) is 0.357. The molecule has 19 heavy (non-hydrogen) atoms. The predicted molar refractivity (Wildman–Crippen MR) is 67.9 cm³/mol. The number of fused-ring (bicyclic) bond motifs is 1. The molecule has 1 aromatic rings. The van der Waals surface area contributed by atoms with Gasteiger partial charge in [0.2, 0.25) is 0 Å². The summed E-state index contributed by atoms with van der Waals surface area (Å²) in [6.45, 7) is 0.353. The van der Waals surface area contributed by atoms with Crippen LogP contribution in [0.3, 0.4) is 0 Å². The summed E-state index contributed by atoms with van der Waals surface area (Å²) < 4.78 is 0. The largest absolute Gasteiger partial charge is 0.481 e. The lowest BCUT2D eigenvalue weighted by molar-refractivity contribution is -0.137. The van der Waals surface area contributed by atoms with Gasteiger partial charge in [0.05, 0.1) is 11.1 Å². The average molecular weight is 261 g/mol. The molecule has 1 aromatic carbocycles. The first-order valence-electron chi connectivity index (χ1n) is 6.28. The van der Waals surface area contributed by atoms with Crippen LogP contribution < -0.4 is 0 Å². The molecule has 0 saturated heterocycles. The molecular formula is C14H15NO4. The third kappa shape index (κ3) is 2.81. The van der Waals surface area contributed by atoms with E-state index in [1.54, 1.807) is 24.3 Å². The molecular weight excluding hydrogens is 246 g/mol. The number of carboxylic acid groups (broad SMARTS) is 1. The Balaban J connectivity index is 1.88. The van der Waals surface area contributed by atoms with E-state index in [-0.39, 0.29) is 18.2 Å². The van der Waals surface area contributed by atoms with Crippen LogP contribution in [0.4, 0.5) is 0 Å². The minimum absolute atomic E-state index is 0.127. The van der Waals surface area contributed by atoms with Crippen molar-refractivity contribution in [2.24, 2.45) is 0 Å². The minimum Gasteiger partial charge on any atom is -0.481 e. The average Bonchev–Trinajstić information content (AvgIpc) is 2.63. The Morgan fingerprint density at radius 3 is 2.11 bits per heavy atom. The van der Waals surface area contributed by atoms with E-state index < -0.39 is 5.97 Å². The Bertz CT molecular complexity index is 489. The number of carboxylic acids is 1. The molecule has 1 aliphatic rings. The van der Waals surface area contributed by atoms with Crippen LogP contribution in [0.15, 0.2) is 24.3 Å². The van der Waals surface area contributed by atoms with Crippen LogP contribution in [0.5, 0.6) is 0 Å². The highest BCUT2D eigenvalue weighted by molar-refractivity contribution is 6.21. The molecule has 0 aromatic heterocycles. The first kappa shape index (κ1) is 13.3. The molecule has 5 nitrogen and oxygen atoms in total. The van der Waals surface area contributed by atoms with Crippen molar-refractivity contribution in [2.45, 2.75) is 25.7 Å². The fourth-order valence-corrected chi connectivity index (χ4v) is 2.17. The molecule has 2 amide bonds. The van der Waals surface area contributed by atoms with Gasteiger partial charge in [-0.15, -0.1) is 0 Å². The Morgan fingerprint density at radius 2 is 1.58 bits per heavy atom. The zero-order valence-corrected chi connectivity index (χ0v) is 10.5. The number of aliphatic carboxylic acids is 1. The Morgan fingerprint density at radius 1 is 1.00 bits per heavy atom. The summed E-state index contributed by atoms with van der Waals surface area (Å²) in [6.07, 6.45) is 2.03. The van der Waals surface area contributed by atoms with Gasteiger partial charge in [0.25, 0.3) is 11.8 Å². The van der Waals surface area contributed by atoms with E-state index in [1.807, 2.05) is 0 Å². The molecule has 2 rings (SSSR count). The number of imide groups is 1. The molecule has 0 fully saturated rings. The Labute approximate surface area is 110 Å². The molecule has 0 spiro atoms. The highest BCUT2D eigenvalue weighted by atomic mass is 16.4. The highest BCUT2D eigenvalue weighted by Crippen LogP contribution is 2.22. The summed E-state index contributed by atoms with van der Waals surface area (Å²) in [7, 11) is 0. The maximum atomic E-state index is 12.0. The van der Waals surface area contributed by atoms with E-state index in [2.05, 4.69) is 0 Å². The van der Waals surface area contributed by atoms with E-state index in [1.165, 1.54) is 4.90 Å². The summed E-state index contributed by atoms with van der Waals surface area (Å²) in [5.74, 6) is -1.32. The third-order valence-electron chi connectivity index (χ3n) is 3.15. The van der Waals surface area contributed by atoms with Gasteiger partial charge in [-0.2, -0.15) is 0 Å². The normalized spacial score (nSPS) is 13.8. The van der Waals surface area contributed by atoms with Crippen LogP contribution in [0.1, 0.15) is 46.4 Å². The maximum absolute atomic E-state index is 12.0. The zero-order chi connectivity index (χ0) is 13.8. The van der Waals surface area contributed by atoms with Gasteiger partial charge in [-0.25, -0.2) is 0 Å². The lowest BCUT2D eigenvalue weighted by Gasteiger charge is -2.13. The second-order valence-corrected chi connectivity index (χ2v) is 4.51. The summed E-state index contributed by atoms with van der Waals surface area (Å²) >= 11 is 0. The van der Waals surface area contributed by atoms with Crippen molar-refractivity contribution >= 4 is 17.8 Å². The SMILES string of the molecule is O=C(O)CCCCCN1C(=O)c2ccccc2C1=O. The van der Waals surface area contributed by atoms with Gasteiger partial charge in [0.1, 0.15) is 0 Å². The summed E-state index contributed by atoms with van der Waals surface area (Å²) in [6, 6.07) is 6.78. The summed E-state index contributed by atoms with van der Waals surface area (Å²) in [5.41, 5.74) is 0.913. The van der Waals surface area contributed by atoms with Crippen LogP contribution in [-0.2, 0) is 4.79 Å². The molecule has 0 aliphatic carbocycles. The molecule has 0 bridgehead atoms. The van der Waals surface area contributed by atoms with Gasteiger partial charge >= 0.3 is 5.97 Å². The second kappa shape index (κ2) is 5.65. The standard InChI is InChI=1S/C14H15NO4/c16-12(17)8-2-1-5-9-15-13(18)10-6-3-4-7-11(10)14(15)19/h3-4,6-7H,1-2,5,8-9H2,(H,16,17). The minimum atomic E-state index is -0.819. The van der Waals surface area contributed by atoms with Crippen molar-refractivity contribution in [3.63, 3.8) is 0 Å². The number of hydrogen-bond acceptors (Lipinski definition) is 3. The van der Waals surface area contributed by atoms with E-state index in [0.717, 1.165) is 0 Å². The number of nitrogens with zero attached hydrogens (tertiary/aromatic N) is 1. The van der Waals surface area contributed by atoms with Crippen molar-refractivity contribution < 1.29 is 19.5 Å². The highest BCUT2D eigenvalue weighted by Gasteiger charge is 2.34. The topological polar surface area (TPSA) is 74.7 Å². The van der Waals surface area contributed by atoms with Gasteiger partial charge in [-0.05, 0) is 25.0 Å². The van der Waals surface area contributed by atoms with E-state index in [9.17, 15) is 14.4 Å². The lowest BCUT2D eigenvalue weighted by atomic mass is 10.1. The third-order valence-corrected chi connectivity index (χ3v) is 3.15. The molecule has 1 N–H and O–H groups in total. The summed E-state index contributed by atoms with van der Waals surface area (Å²) in [4.78, 5) is 35.6. The lowest BCUT2D eigenvalue weighted by Crippen LogP contribution is -2.30. The predicted octanol–water partition coefficient (Wildman–Crippen LogP) is 1.93. The molecule has 0 radical (unpaired) electrons. The Hall–Kier alpha value is -2.17. The molecule has 1 aliphatic heterocycles. The van der Waals surface area contributed by atoms with Crippen molar-refractivity contribution in [3.05, 3.63) is 35.4 Å². The summed E-state index contributed by atoms with van der Waals surface area (Å²) in [5, 5.41) is 8.51. The van der Waals surface area contributed by atoms with Crippen LogP contribution in [0, 0.1) is 0 Å². The number of carbonyl (C=O) groups is 3. The maximum Gasteiger partial charge on any atom is 0.303 e. The number of amides is 2. The monoisotopic (exact) mass is 261 g/mol. The fourth-order valence-electron chi connectivity index (χ4n) is 2.17. The van der Waals surface area contributed by atoms with Gasteiger partial charge in [-0.3, -0.25) is 19.3 Å². The molecule has 0 atom stereocenters. The van der Waals surface area contributed by atoms with Gasteiger partial charge in [0, 0.05) is 13.0 Å². The quantitative estimate of drug-likeness (QED) is 0.627. The number of hydrogen-bond donors (Lipinski definition) is 1. The molecule has 0 unspecified atom stereocenters. The van der Waals surface area contributed by atoms with Crippen LogP contribution in [-0.4, -0.2) is 34.3 Å². The number of rotatable bonds is 6. The smallest absolute Gasteiger partial charge is 0.303 e. The van der Waals surface area contributed by atoms with Gasteiger partial charge in [0.15, 0.2) is 0 Å². The first-order valence-corrected chi connectivity index (χ1v) is 6.28. The van der Waals surface area contributed by atoms with Crippen LogP contribution in [0.25, 0.3) is 0 Å². The van der Waals surface area contributed by atoms with Crippen LogP contribution in [0.2, 0.25) is 0 Å². The molecule has 5 heteroatoms. The van der Waals surface area contributed by atoms with Crippen molar-refractivity contribution in [1.29, 1.82) is 0 Å². The van der Waals surface area contributed by atoms with Crippen molar-refractivity contribution in [3.8, 4) is 0 Å². The molecule has 0 saturated carbocycles. The van der Waals surface area contributed by atoms with Crippen molar-refractivity contribution in [1.82, 2.24) is 4.90 Å². The molecule has 1 heterocycles. The van der Waals surface area contributed by atoms with Gasteiger partial charge < -0.3 is 5.11 Å². The van der Waals surface area contributed by atoms with E-state index in [4.69, 9.17) is 5.11 Å². The molecule has 100 valence electrons. The van der Waals surface area contributed by atoms with Crippen molar-refractivity contribution in [2.75, 3.05) is 6.54 Å². The second-order valence-electron chi connectivity index (χ2n) is 4.51. The van der Waals surface area contributed by atoms with E-state index in [0.29, 0.717) is 36.9 Å². The Kier molecular flexibility index (Phi) is 3.94. The van der Waals surface area contributed by atoms with Gasteiger partial charge in [-0.1, -0.05) is 18.6 Å². The first-order chi connectivity index (χ1) is 9.11. The number of carbonyl (C=O) groups excluding carboxylic acids is 2. The van der Waals surface area contributed by atoms with Crippen LogP contribution >= 0.6 is 0 Å². The number of unbranched alkanes of at least 4 members (excludes halogenated alkanes) is 2. The van der Waals surface area contributed by atoms with E-state index >= 15 is 0 Å². The zero-order valence-electron chi connectivity index (χ0n) is 10.5.